The van der Waals surface area contributed by atoms with Gasteiger partial charge in [-0.1, -0.05) is 17.4 Å². The highest BCUT2D eigenvalue weighted by Crippen LogP contribution is 2.32. The predicted molar refractivity (Wildman–Crippen MR) is 109 cm³/mol. The van der Waals surface area contributed by atoms with Gasteiger partial charge in [-0.05, 0) is 32.1 Å². The Hall–Kier alpha value is -3.18. The molecule has 0 unspecified atom stereocenters. The van der Waals surface area contributed by atoms with E-state index in [-0.39, 0.29) is 5.91 Å². The molecule has 0 fully saturated rings. The number of aryl methyl sites for hydroxylation is 2. The monoisotopic (exact) mass is 412 g/mol. The summed E-state index contributed by atoms with van der Waals surface area (Å²) in [6, 6.07) is 1.76. The van der Waals surface area contributed by atoms with Gasteiger partial charge in [0.25, 0.3) is 5.91 Å². The largest absolute Gasteiger partial charge is 0.298 e. The number of aromatic amines is 1. The van der Waals surface area contributed by atoms with Crippen molar-refractivity contribution in [3.05, 3.63) is 52.8 Å². The summed E-state index contributed by atoms with van der Waals surface area (Å²) in [5.41, 5.74) is 2.26. The van der Waals surface area contributed by atoms with Gasteiger partial charge in [0.05, 0.1) is 16.3 Å². The summed E-state index contributed by atoms with van der Waals surface area (Å²) in [6.07, 6.45) is 5.12. The highest BCUT2D eigenvalue weighted by Gasteiger charge is 2.21. The topological polar surface area (TPSA) is 106 Å². The fourth-order valence-corrected chi connectivity index (χ4v) is 4.04. The average Bonchev–Trinajstić information content (AvgIpc) is 3.30. The van der Waals surface area contributed by atoms with Crippen LogP contribution in [0.2, 0.25) is 0 Å². The molecule has 0 aliphatic heterocycles. The number of carbonyl (C=O) groups is 1. The summed E-state index contributed by atoms with van der Waals surface area (Å²) < 4.78 is 3.91. The van der Waals surface area contributed by atoms with Crippen LogP contribution < -0.4 is 5.32 Å². The maximum absolute atomic E-state index is 12.8. The zero-order valence-electron chi connectivity index (χ0n) is 15.1. The first-order chi connectivity index (χ1) is 13.5. The minimum Gasteiger partial charge on any atom is -0.298 e. The Balaban J connectivity index is 1.68. The van der Waals surface area contributed by atoms with E-state index in [1.54, 1.807) is 36.0 Å². The number of rotatable bonds is 5. The van der Waals surface area contributed by atoms with Gasteiger partial charge in [-0.3, -0.25) is 19.8 Å². The molecule has 0 aliphatic rings. The lowest BCUT2D eigenvalue weighted by Crippen LogP contribution is -2.13. The summed E-state index contributed by atoms with van der Waals surface area (Å²) in [5, 5.41) is 14.7. The van der Waals surface area contributed by atoms with Crippen LogP contribution in [-0.2, 0) is 6.54 Å². The maximum atomic E-state index is 12.8. The van der Waals surface area contributed by atoms with Crippen molar-refractivity contribution in [2.24, 2.45) is 0 Å². The third-order valence-electron chi connectivity index (χ3n) is 4.09. The number of H-pyrrole nitrogens is 1. The lowest BCUT2D eigenvalue weighted by molar-refractivity contribution is 0.102. The fourth-order valence-electron chi connectivity index (χ4n) is 2.87. The van der Waals surface area contributed by atoms with Crippen LogP contribution in [0.4, 0.5) is 5.13 Å². The molecule has 11 heteroatoms. The Labute approximate surface area is 168 Å². The second-order valence-corrected chi connectivity index (χ2v) is 7.37. The number of amides is 1. The molecule has 4 rings (SSSR count). The molecule has 0 radical (unpaired) electrons. The van der Waals surface area contributed by atoms with Crippen LogP contribution >= 0.6 is 23.6 Å². The van der Waals surface area contributed by atoms with E-state index in [0.29, 0.717) is 39.2 Å². The Bertz CT molecular complexity index is 1260. The Morgan fingerprint density at radius 1 is 1.43 bits per heavy atom. The summed E-state index contributed by atoms with van der Waals surface area (Å²) in [5.74, 6) is 0.352. The number of nitrogens with one attached hydrogen (secondary N) is 2. The molecule has 4 aromatic rings. The molecular weight excluding hydrogens is 396 g/mol. The minimum absolute atomic E-state index is 0.309. The van der Waals surface area contributed by atoms with Gasteiger partial charge in [0, 0.05) is 18.9 Å². The zero-order chi connectivity index (χ0) is 19.8. The van der Waals surface area contributed by atoms with Crippen LogP contribution in [0.25, 0.3) is 16.3 Å². The molecule has 1 amide bonds. The van der Waals surface area contributed by atoms with Crippen molar-refractivity contribution < 1.29 is 4.79 Å². The van der Waals surface area contributed by atoms with Crippen LogP contribution in [-0.4, -0.2) is 40.3 Å². The molecule has 4 heterocycles. The number of allylic oxidation sites excluding steroid dienone is 1. The average molecular weight is 413 g/mol. The molecule has 0 spiro atoms. The number of carbonyl (C=O) groups excluding carboxylic acids is 1. The van der Waals surface area contributed by atoms with Crippen molar-refractivity contribution in [2.45, 2.75) is 20.4 Å². The van der Waals surface area contributed by atoms with E-state index < -0.39 is 0 Å². The molecule has 0 saturated heterocycles. The lowest BCUT2D eigenvalue weighted by atomic mass is 10.2. The quantitative estimate of drug-likeness (QED) is 0.385. The van der Waals surface area contributed by atoms with Crippen LogP contribution in [0.5, 0.6) is 0 Å². The molecule has 0 atom stereocenters. The summed E-state index contributed by atoms with van der Waals surface area (Å²) in [7, 11) is 0. The van der Waals surface area contributed by atoms with Gasteiger partial charge in [-0.25, -0.2) is 14.5 Å². The highest BCUT2D eigenvalue weighted by atomic mass is 32.1. The van der Waals surface area contributed by atoms with Crippen molar-refractivity contribution in [2.75, 3.05) is 5.32 Å². The van der Waals surface area contributed by atoms with Gasteiger partial charge in [0.15, 0.2) is 21.4 Å². The third kappa shape index (κ3) is 3.04. The number of aromatic nitrogens is 7. The SMILES string of the molecule is C=CCn1c(-c2sc(NC(=O)c3c(C)nn4cccnc34)nc2C)n[nH]c1=S. The van der Waals surface area contributed by atoms with Gasteiger partial charge < -0.3 is 0 Å². The van der Waals surface area contributed by atoms with Crippen LogP contribution in [0.3, 0.4) is 0 Å². The number of thiazole rings is 1. The maximum Gasteiger partial charge on any atom is 0.263 e. The van der Waals surface area contributed by atoms with E-state index in [2.05, 4.69) is 37.2 Å². The van der Waals surface area contributed by atoms with E-state index in [1.165, 1.54) is 11.3 Å². The smallest absolute Gasteiger partial charge is 0.263 e. The summed E-state index contributed by atoms with van der Waals surface area (Å²) in [4.78, 5) is 22.4. The Morgan fingerprint density at radius 3 is 3.04 bits per heavy atom. The van der Waals surface area contributed by atoms with E-state index in [4.69, 9.17) is 12.2 Å². The molecular formula is C17H16N8OS2. The van der Waals surface area contributed by atoms with Crippen molar-refractivity contribution in [3.8, 4) is 10.7 Å². The number of anilines is 1. The van der Waals surface area contributed by atoms with E-state index in [0.717, 1.165) is 10.6 Å². The first kappa shape index (κ1) is 18.2. The van der Waals surface area contributed by atoms with Gasteiger partial charge in [-0.15, -0.1) is 6.58 Å². The zero-order valence-corrected chi connectivity index (χ0v) is 16.8. The van der Waals surface area contributed by atoms with E-state index in [9.17, 15) is 4.79 Å². The first-order valence-corrected chi connectivity index (χ1v) is 9.57. The molecule has 9 nitrogen and oxygen atoms in total. The van der Waals surface area contributed by atoms with Crippen LogP contribution in [0.1, 0.15) is 21.7 Å². The van der Waals surface area contributed by atoms with Crippen molar-refractivity contribution in [1.82, 2.24) is 34.3 Å². The fraction of sp³-hybridized carbons (Fsp3) is 0.176. The highest BCUT2D eigenvalue weighted by molar-refractivity contribution is 7.71. The Kier molecular flexibility index (Phi) is 4.61. The third-order valence-corrected chi connectivity index (χ3v) is 5.47. The van der Waals surface area contributed by atoms with E-state index >= 15 is 0 Å². The molecule has 4 aromatic heterocycles. The molecule has 0 bridgehead atoms. The molecule has 0 saturated carbocycles. The Morgan fingerprint density at radius 2 is 2.25 bits per heavy atom. The normalized spacial score (nSPS) is 11.1. The second-order valence-electron chi connectivity index (χ2n) is 5.99. The molecule has 0 aliphatic carbocycles. The number of nitrogens with zero attached hydrogens (tertiary/aromatic N) is 6. The minimum atomic E-state index is -0.309. The van der Waals surface area contributed by atoms with Crippen molar-refractivity contribution >= 4 is 40.2 Å². The number of hydrogen-bond acceptors (Lipinski definition) is 7. The second kappa shape index (κ2) is 7.09. The predicted octanol–water partition coefficient (Wildman–Crippen LogP) is 3.16. The molecule has 0 aromatic carbocycles. The van der Waals surface area contributed by atoms with Gasteiger partial charge in [0.2, 0.25) is 0 Å². The molecule has 2 N–H and O–H groups in total. The van der Waals surface area contributed by atoms with Crippen LogP contribution in [0, 0.1) is 18.6 Å². The van der Waals surface area contributed by atoms with Crippen molar-refractivity contribution in [3.63, 3.8) is 0 Å². The summed E-state index contributed by atoms with van der Waals surface area (Å²) >= 11 is 6.60. The van der Waals surface area contributed by atoms with Gasteiger partial charge in [0.1, 0.15) is 5.56 Å². The van der Waals surface area contributed by atoms with E-state index in [1.807, 2.05) is 11.5 Å². The summed E-state index contributed by atoms with van der Waals surface area (Å²) in [6.45, 7) is 7.91. The molecule has 142 valence electrons. The molecule has 28 heavy (non-hydrogen) atoms. The first-order valence-electron chi connectivity index (χ1n) is 8.34. The lowest BCUT2D eigenvalue weighted by Gasteiger charge is -2.01. The van der Waals surface area contributed by atoms with Crippen molar-refractivity contribution in [1.29, 1.82) is 0 Å². The van der Waals surface area contributed by atoms with Crippen LogP contribution in [0.15, 0.2) is 31.1 Å². The number of hydrogen-bond donors (Lipinski definition) is 2. The van der Waals surface area contributed by atoms with Gasteiger partial charge >= 0.3 is 0 Å². The standard InChI is InChI=1S/C17H16N8OS2/c1-4-7-24-14(21-22-17(24)27)12-10(3)19-16(28-12)20-15(26)11-9(2)23-25-8-5-6-18-13(11)25/h4-6,8H,1,7H2,2-3H3,(H,22,27)(H,19,20,26). The number of fused-ring (bicyclic) bond motifs is 1. The van der Waals surface area contributed by atoms with Gasteiger partial charge in [-0.2, -0.15) is 10.2 Å².